The maximum Gasteiger partial charge on any atom is 0.243 e. The Kier molecular flexibility index (Phi) is 17.4. The van der Waals surface area contributed by atoms with Crippen LogP contribution in [0.4, 0.5) is 0 Å². The number of rotatable bonds is 19. The minimum Gasteiger partial charge on any atom is -0.370 e. The summed E-state index contributed by atoms with van der Waals surface area (Å²) < 4.78 is 0. The lowest BCUT2D eigenvalue weighted by Crippen LogP contribution is -2.58. The Balaban J connectivity index is 5.64. The zero-order valence-corrected chi connectivity index (χ0v) is 24.7. The van der Waals surface area contributed by atoms with Gasteiger partial charge in [-0.25, -0.2) is 0 Å². The van der Waals surface area contributed by atoms with E-state index in [1.54, 1.807) is 6.92 Å². The van der Waals surface area contributed by atoms with E-state index in [0.717, 1.165) is 0 Å². The number of nitrogens with one attached hydrogen (secondary N) is 4. The quantitative estimate of drug-likeness (QED) is 0.0586. The molecule has 0 aliphatic rings. The molecule has 1 unspecified atom stereocenters. The van der Waals surface area contributed by atoms with Crippen LogP contribution in [-0.2, 0) is 24.0 Å². The Hall–Kier alpha value is -3.18. The van der Waals surface area contributed by atoms with E-state index >= 15 is 0 Å². The third kappa shape index (κ3) is 15.1. The van der Waals surface area contributed by atoms with E-state index in [4.69, 9.17) is 11.5 Å². The summed E-state index contributed by atoms with van der Waals surface area (Å²) in [6, 6.07) is -3.37. The van der Waals surface area contributed by atoms with E-state index < -0.39 is 41.9 Å². The van der Waals surface area contributed by atoms with Gasteiger partial charge in [0.2, 0.25) is 23.6 Å². The van der Waals surface area contributed by atoms with Crippen molar-refractivity contribution in [2.24, 2.45) is 34.2 Å². The van der Waals surface area contributed by atoms with Crippen LogP contribution < -0.4 is 32.7 Å². The zero-order chi connectivity index (χ0) is 30.1. The third-order valence-corrected chi connectivity index (χ3v) is 6.27. The summed E-state index contributed by atoms with van der Waals surface area (Å²) in [6.45, 7) is 13.5. The smallest absolute Gasteiger partial charge is 0.243 e. The molecule has 0 fully saturated rings. The lowest BCUT2D eigenvalue weighted by Gasteiger charge is -2.29. The molecule has 0 spiro atoms. The highest BCUT2D eigenvalue weighted by atomic mass is 16.2. The summed E-state index contributed by atoms with van der Waals surface area (Å²) in [5.74, 6) is -1.75. The van der Waals surface area contributed by atoms with Gasteiger partial charge in [-0.3, -0.25) is 24.2 Å². The molecule has 0 aromatic rings. The lowest BCUT2D eigenvalue weighted by atomic mass is 9.96. The SMILES string of the molecule is CCC(=O)N[C@H](C(=O)N[C@@H](CC(C)C)C(=O)N[C@@H](CC(C)C)C(=O)NC(C=O)CCCN=C(N)N)[C@H](C)CC. The Morgan fingerprint density at radius 3 is 1.74 bits per heavy atom. The summed E-state index contributed by atoms with van der Waals surface area (Å²) in [5, 5.41) is 11.0. The predicted octanol–water partition coefficient (Wildman–Crippen LogP) is 0.726. The van der Waals surface area contributed by atoms with Gasteiger partial charge in [0.05, 0.1) is 6.04 Å². The molecule has 8 N–H and O–H groups in total. The molecule has 0 saturated carbocycles. The van der Waals surface area contributed by atoms with Crippen molar-refractivity contribution >= 4 is 35.9 Å². The molecule has 0 radical (unpaired) electrons. The first-order chi connectivity index (χ1) is 18.2. The molecular weight excluding hydrogens is 502 g/mol. The van der Waals surface area contributed by atoms with Crippen molar-refractivity contribution < 1.29 is 24.0 Å². The summed E-state index contributed by atoms with van der Waals surface area (Å²) in [4.78, 5) is 67.1. The van der Waals surface area contributed by atoms with E-state index in [1.807, 2.05) is 41.5 Å². The van der Waals surface area contributed by atoms with Crippen molar-refractivity contribution in [2.75, 3.05) is 6.54 Å². The van der Waals surface area contributed by atoms with Crippen LogP contribution in [0.2, 0.25) is 0 Å². The second kappa shape index (κ2) is 19.0. The summed E-state index contributed by atoms with van der Waals surface area (Å²) in [5.41, 5.74) is 10.6. The van der Waals surface area contributed by atoms with Crippen LogP contribution >= 0.6 is 0 Å². The number of carbonyl (C=O) groups excluding carboxylic acids is 5. The van der Waals surface area contributed by atoms with Crippen LogP contribution in [0.25, 0.3) is 0 Å². The molecule has 12 nitrogen and oxygen atoms in total. The van der Waals surface area contributed by atoms with Crippen LogP contribution in [0.3, 0.4) is 0 Å². The highest BCUT2D eigenvalue weighted by molar-refractivity contribution is 5.94. The topological polar surface area (TPSA) is 198 Å². The first-order valence-corrected chi connectivity index (χ1v) is 14.0. The van der Waals surface area contributed by atoms with Gasteiger partial charge in [0.15, 0.2) is 5.96 Å². The average Bonchev–Trinajstić information content (AvgIpc) is 2.86. The van der Waals surface area contributed by atoms with Crippen molar-refractivity contribution in [2.45, 2.75) is 111 Å². The number of amides is 4. The molecule has 0 aliphatic heterocycles. The van der Waals surface area contributed by atoms with Gasteiger partial charge in [-0.2, -0.15) is 0 Å². The molecule has 0 bridgehead atoms. The van der Waals surface area contributed by atoms with Gasteiger partial charge in [0.25, 0.3) is 0 Å². The van der Waals surface area contributed by atoms with Crippen molar-refractivity contribution in [3.8, 4) is 0 Å². The molecule has 0 saturated heterocycles. The minimum atomic E-state index is -0.911. The molecule has 0 aromatic carbocycles. The number of guanidine groups is 1. The predicted molar refractivity (Wildman–Crippen MR) is 152 cm³/mol. The standard InChI is InChI=1S/C27H51N7O5/c1-8-18(7)23(34-22(36)9-2)26(39)33-21(14-17(5)6)25(38)32-20(13-16(3)4)24(37)31-19(15-35)11-10-12-30-27(28)29/h15-21,23H,8-14H2,1-7H3,(H,31,37)(H,32,38)(H,33,39)(H,34,36)(H4,28,29,30)/t18-,19?,20+,21+,23+/m1/s1. The van der Waals surface area contributed by atoms with Crippen LogP contribution in [0.5, 0.6) is 0 Å². The van der Waals surface area contributed by atoms with Crippen molar-refractivity contribution in [3.05, 3.63) is 0 Å². The van der Waals surface area contributed by atoms with Crippen LogP contribution in [0.15, 0.2) is 4.99 Å². The fraction of sp³-hybridized carbons (Fsp3) is 0.778. The van der Waals surface area contributed by atoms with Gasteiger partial charge >= 0.3 is 0 Å². The van der Waals surface area contributed by atoms with Gasteiger partial charge in [-0.05, 0) is 43.4 Å². The maximum absolute atomic E-state index is 13.4. The van der Waals surface area contributed by atoms with Gasteiger partial charge < -0.3 is 37.5 Å². The van der Waals surface area contributed by atoms with E-state index in [-0.39, 0.29) is 36.0 Å². The summed E-state index contributed by atoms with van der Waals surface area (Å²) in [6.07, 6.45) is 3.02. The summed E-state index contributed by atoms with van der Waals surface area (Å²) >= 11 is 0. The molecule has 5 atom stereocenters. The average molecular weight is 554 g/mol. The molecule has 0 aliphatic carbocycles. The van der Waals surface area contributed by atoms with Gasteiger partial charge in [0, 0.05) is 13.0 Å². The Bertz CT molecular complexity index is 827. The number of nitrogens with two attached hydrogens (primary N) is 2. The molecule has 39 heavy (non-hydrogen) atoms. The van der Waals surface area contributed by atoms with Crippen LogP contribution in [0, 0.1) is 17.8 Å². The van der Waals surface area contributed by atoms with Crippen LogP contribution in [-0.4, -0.2) is 66.6 Å². The first-order valence-electron chi connectivity index (χ1n) is 14.0. The lowest BCUT2D eigenvalue weighted by molar-refractivity contribution is -0.135. The molecule has 224 valence electrons. The Labute approximate surface area is 233 Å². The second-order valence-corrected chi connectivity index (χ2v) is 10.9. The number of hydrogen-bond donors (Lipinski definition) is 6. The third-order valence-electron chi connectivity index (χ3n) is 6.27. The normalized spacial score (nSPS) is 14.9. The highest BCUT2D eigenvalue weighted by Crippen LogP contribution is 2.12. The summed E-state index contributed by atoms with van der Waals surface area (Å²) in [7, 11) is 0. The number of nitrogens with zero attached hydrogens (tertiary/aromatic N) is 1. The van der Waals surface area contributed by atoms with E-state index in [9.17, 15) is 24.0 Å². The van der Waals surface area contributed by atoms with Gasteiger partial charge in [0.1, 0.15) is 24.4 Å². The molecule has 0 aromatic heterocycles. The molecule has 0 heterocycles. The number of hydrogen-bond acceptors (Lipinski definition) is 6. The number of aliphatic imine (C=N–C) groups is 1. The van der Waals surface area contributed by atoms with E-state index in [2.05, 4.69) is 26.3 Å². The molecule has 12 heteroatoms. The number of carbonyl (C=O) groups is 5. The molecule has 0 rings (SSSR count). The Morgan fingerprint density at radius 2 is 1.31 bits per heavy atom. The largest absolute Gasteiger partial charge is 0.370 e. The minimum absolute atomic E-state index is 0.0485. The first kappa shape index (κ1) is 35.8. The maximum atomic E-state index is 13.4. The zero-order valence-electron chi connectivity index (χ0n) is 24.7. The monoisotopic (exact) mass is 553 g/mol. The number of aldehydes is 1. The van der Waals surface area contributed by atoms with Crippen molar-refractivity contribution in [3.63, 3.8) is 0 Å². The van der Waals surface area contributed by atoms with Crippen molar-refractivity contribution in [1.29, 1.82) is 0 Å². The van der Waals surface area contributed by atoms with Gasteiger partial charge in [-0.1, -0.05) is 54.9 Å². The molecular formula is C27H51N7O5. The fourth-order valence-electron chi connectivity index (χ4n) is 3.89. The second-order valence-electron chi connectivity index (χ2n) is 10.9. The van der Waals surface area contributed by atoms with Gasteiger partial charge in [-0.15, -0.1) is 0 Å². The van der Waals surface area contributed by atoms with Crippen molar-refractivity contribution in [1.82, 2.24) is 21.3 Å². The fourth-order valence-corrected chi connectivity index (χ4v) is 3.89. The van der Waals surface area contributed by atoms with E-state index in [0.29, 0.717) is 44.9 Å². The Morgan fingerprint density at radius 1 is 0.795 bits per heavy atom. The molecule has 4 amide bonds. The highest BCUT2D eigenvalue weighted by Gasteiger charge is 2.32. The van der Waals surface area contributed by atoms with E-state index in [1.165, 1.54) is 0 Å². The van der Waals surface area contributed by atoms with Crippen LogP contribution in [0.1, 0.15) is 87.0 Å².